The number of carbonyl (C=O) groups excluding carboxylic acids is 2. The van der Waals surface area contributed by atoms with Crippen LogP contribution in [-0.2, 0) is 6.54 Å². The normalized spacial score (nSPS) is 17.0. The molecule has 1 aromatic carbocycles. The van der Waals surface area contributed by atoms with E-state index in [-0.39, 0.29) is 29.0 Å². The lowest BCUT2D eigenvalue weighted by molar-refractivity contribution is 0.0744. The van der Waals surface area contributed by atoms with Crippen LogP contribution in [0.5, 0.6) is 0 Å². The third kappa shape index (κ3) is 6.07. The smallest absolute Gasteiger partial charge is 0.259 e. The van der Waals surface area contributed by atoms with Crippen molar-refractivity contribution in [2.24, 2.45) is 5.92 Å². The highest BCUT2D eigenvalue weighted by Gasteiger charge is 2.28. The fourth-order valence-corrected chi connectivity index (χ4v) is 5.27. The van der Waals surface area contributed by atoms with E-state index in [0.717, 1.165) is 31.4 Å². The molecule has 1 N–H and O–H groups in total. The molecule has 1 aliphatic heterocycles. The van der Waals surface area contributed by atoms with E-state index in [1.54, 1.807) is 17.3 Å². The molecule has 35 heavy (non-hydrogen) atoms. The fraction of sp³-hybridized carbons (Fsp3) is 0.519. The maximum absolute atomic E-state index is 13.5. The standard InChI is InChI=1S/C27H35ClN4O3/c1-19(2)16-30-17-21(26(34)29-20-8-4-3-5-9-20)25(33)22(18-30)27(35)32-14-12-31(13-15-32)24-11-7-6-10-23(24)28/h6-7,10-11,17-20H,3-5,8-9,12-16H2,1-2H3,(H,29,34). The monoisotopic (exact) mass is 498 g/mol. The molecule has 0 radical (unpaired) electrons. The molecule has 0 atom stereocenters. The molecule has 2 fully saturated rings. The molecule has 0 spiro atoms. The molecule has 188 valence electrons. The van der Waals surface area contributed by atoms with Gasteiger partial charge in [0.2, 0.25) is 5.43 Å². The quantitative estimate of drug-likeness (QED) is 0.648. The predicted molar refractivity (Wildman–Crippen MR) is 139 cm³/mol. The van der Waals surface area contributed by atoms with E-state index >= 15 is 0 Å². The lowest BCUT2D eigenvalue weighted by Crippen LogP contribution is -2.50. The number of aromatic nitrogens is 1. The van der Waals surface area contributed by atoms with E-state index in [1.807, 2.05) is 28.8 Å². The number of nitrogens with zero attached hydrogens (tertiary/aromatic N) is 3. The fourth-order valence-electron chi connectivity index (χ4n) is 5.01. The van der Waals surface area contributed by atoms with Gasteiger partial charge in [-0.3, -0.25) is 14.4 Å². The van der Waals surface area contributed by atoms with Crippen LogP contribution in [0.2, 0.25) is 5.02 Å². The highest BCUT2D eigenvalue weighted by Crippen LogP contribution is 2.26. The van der Waals surface area contributed by atoms with Gasteiger partial charge in [-0.15, -0.1) is 0 Å². The van der Waals surface area contributed by atoms with Crippen molar-refractivity contribution in [3.05, 3.63) is 63.0 Å². The van der Waals surface area contributed by atoms with Gasteiger partial charge in [0, 0.05) is 51.2 Å². The number of piperazine rings is 1. The van der Waals surface area contributed by atoms with Gasteiger partial charge in [0.1, 0.15) is 11.1 Å². The summed E-state index contributed by atoms with van der Waals surface area (Å²) in [5.41, 5.74) is 0.573. The molecular weight excluding hydrogens is 464 g/mol. The van der Waals surface area contributed by atoms with E-state index in [9.17, 15) is 14.4 Å². The van der Waals surface area contributed by atoms with Crippen LogP contribution >= 0.6 is 11.6 Å². The molecule has 1 aromatic heterocycles. The Morgan fingerprint density at radius 1 is 1.00 bits per heavy atom. The van der Waals surface area contributed by atoms with Gasteiger partial charge in [-0.2, -0.15) is 0 Å². The molecule has 1 saturated carbocycles. The van der Waals surface area contributed by atoms with Crippen LogP contribution in [0.15, 0.2) is 41.5 Å². The summed E-state index contributed by atoms with van der Waals surface area (Å²) in [5.74, 6) is -0.398. The maximum atomic E-state index is 13.5. The molecule has 0 unspecified atom stereocenters. The Bertz CT molecular complexity index is 1120. The minimum Gasteiger partial charge on any atom is -0.367 e. The number of hydrogen-bond donors (Lipinski definition) is 1. The molecule has 7 nitrogen and oxygen atoms in total. The molecule has 1 saturated heterocycles. The second-order valence-electron chi connectivity index (χ2n) is 10.0. The van der Waals surface area contributed by atoms with Crippen LogP contribution in [0, 0.1) is 5.92 Å². The van der Waals surface area contributed by atoms with Crippen LogP contribution in [-0.4, -0.2) is 53.5 Å². The summed E-state index contributed by atoms with van der Waals surface area (Å²) >= 11 is 6.34. The second kappa shape index (κ2) is 11.3. The van der Waals surface area contributed by atoms with Crippen LogP contribution in [0.1, 0.15) is 66.7 Å². The SMILES string of the molecule is CC(C)Cn1cc(C(=O)NC2CCCCC2)c(=O)c(C(=O)N2CCN(c3ccccc3Cl)CC2)c1. The third-order valence-electron chi connectivity index (χ3n) is 6.83. The minimum absolute atomic E-state index is 0.0526. The van der Waals surface area contributed by atoms with Crippen molar-refractivity contribution in [2.45, 2.75) is 58.5 Å². The highest BCUT2D eigenvalue weighted by molar-refractivity contribution is 6.33. The Morgan fingerprint density at radius 2 is 1.66 bits per heavy atom. The van der Waals surface area contributed by atoms with Gasteiger partial charge in [-0.25, -0.2) is 0 Å². The lowest BCUT2D eigenvalue weighted by atomic mass is 9.95. The number of nitrogens with one attached hydrogen (secondary N) is 1. The van der Waals surface area contributed by atoms with Crippen LogP contribution in [0.4, 0.5) is 5.69 Å². The predicted octanol–water partition coefficient (Wildman–Crippen LogP) is 4.18. The topological polar surface area (TPSA) is 74.6 Å². The van der Waals surface area contributed by atoms with Gasteiger partial charge in [-0.05, 0) is 30.9 Å². The number of rotatable bonds is 6. The zero-order chi connectivity index (χ0) is 24.9. The molecule has 2 heterocycles. The van der Waals surface area contributed by atoms with E-state index in [0.29, 0.717) is 43.7 Å². The van der Waals surface area contributed by atoms with Gasteiger partial charge < -0.3 is 19.7 Å². The number of halogens is 1. The van der Waals surface area contributed by atoms with E-state index in [2.05, 4.69) is 24.1 Å². The van der Waals surface area contributed by atoms with Gasteiger partial charge in [-0.1, -0.05) is 56.8 Å². The third-order valence-corrected chi connectivity index (χ3v) is 7.15. The molecule has 4 rings (SSSR count). The van der Waals surface area contributed by atoms with Gasteiger partial charge >= 0.3 is 0 Å². The van der Waals surface area contributed by atoms with Crippen LogP contribution < -0.4 is 15.6 Å². The summed E-state index contributed by atoms with van der Waals surface area (Å²) < 4.78 is 1.81. The first-order chi connectivity index (χ1) is 16.8. The summed E-state index contributed by atoms with van der Waals surface area (Å²) in [6, 6.07) is 7.76. The highest BCUT2D eigenvalue weighted by atomic mass is 35.5. The largest absolute Gasteiger partial charge is 0.367 e. The Hall–Kier alpha value is -2.80. The number of anilines is 1. The molecule has 0 bridgehead atoms. The van der Waals surface area contributed by atoms with E-state index in [4.69, 9.17) is 11.6 Å². The van der Waals surface area contributed by atoms with Gasteiger partial charge in [0.25, 0.3) is 11.8 Å². The van der Waals surface area contributed by atoms with Gasteiger partial charge in [0.05, 0.1) is 10.7 Å². The first-order valence-corrected chi connectivity index (χ1v) is 13.0. The number of benzene rings is 1. The molecule has 2 aromatic rings. The summed E-state index contributed by atoms with van der Waals surface area (Å²) in [6.07, 6.45) is 8.43. The van der Waals surface area contributed by atoms with E-state index < -0.39 is 5.43 Å². The van der Waals surface area contributed by atoms with Crippen LogP contribution in [0.25, 0.3) is 0 Å². The van der Waals surface area contributed by atoms with E-state index in [1.165, 1.54) is 6.42 Å². The molecule has 8 heteroatoms. The Morgan fingerprint density at radius 3 is 2.31 bits per heavy atom. The Labute approximate surface area is 212 Å². The zero-order valence-corrected chi connectivity index (χ0v) is 21.4. The average Bonchev–Trinajstić information content (AvgIpc) is 2.85. The van der Waals surface area contributed by atoms with Crippen molar-refractivity contribution in [1.29, 1.82) is 0 Å². The van der Waals surface area contributed by atoms with Crippen molar-refractivity contribution in [3.8, 4) is 0 Å². The van der Waals surface area contributed by atoms with Gasteiger partial charge in [0.15, 0.2) is 0 Å². The number of para-hydroxylation sites is 1. The molecule has 1 aliphatic carbocycles. The van der Waals surface area contributed by atoms with Crippen molar-refractivity contribution in [3.63, 3.8) is 0 Å². The summed E-state index contributed by atoms with van der Waals surface area (Å²) in [5, 5.41) is 3.72. The number of amides is 2. The Kier molecular flexibility index (Phi) is 8.16. The van der Waals surface area contributed by atoms with Crippen molar-refractivity contribution in [1.82, 2.24) is 14.8 Å². The van der Waals surface area contributed by atoms with Crippen molar-refractivity contribution in [2.75, 3.05) is 31.1 Å². The zero-order valence-electron chi connectivity index (χ0n) is 20.6. The van der Waals surface area contributed by atoms with Crippen LogP contribution in [0.3, 0.4) is 0 Å². The lowest BCUT2D eigenvalue weighted by Gasteiger charge is -2.36. The summed E-state index contributed by atoms with van der Waals surface area (Å²) in [6.45, 7) is 6.95. The maximum Gasteiger partial charge on any atom is 0.259 e. The van der Waals surface area contributed by atoms with Crippen molar-refractivity contribution < 1.29 is 9.59 Å². The van der Waals surface area contributed by atoms with Crippen molar-refractivity contribution >= 4 is 29.1 Å². The second-order valence-corrected chi connectivity index (χ2v) is 10.5. The minimum atomic E-state index is -0.489. The molecule has 2 aliphatic rings. The first kappa shape index (κ1) is 25.3. The summed E-state index contributed by atoms with van der Waals surface area (Å²) in [4.78, 5) is 43.8. The summed E-state index contributed by atoms with van der Waals surface area (Å²) in [7, 11) is 0. The number of hydrogen-bond acceptors (Lipinski definition) is 4. The molecule has 2 amide bonds. The molecular formula is C27H35ClN4O3. The average molecular weight is 499 g/mol. The first-order valence-electron chi connectivity index (χ1n) is 12.7. The Balaban J connectivity index is 1.54. The number of pyridine rings is 1. The number of carbonyl (C=O) groups is 2.